The van der Waals surface area contributed by atoms with Gasteiger partial charge in [0, 0.05) is 4.88 Å². The summed E-state index contributed by atoms with van der Waals surface area (Å²) in [5.74, 6) is -0.289. The lowest BCUT2D eigenvalue weighted by atomic mass is 10.1. The van der Waals surface area contributed by atoms with Crippen LogP contribution in [0.4, 0.5) is 5.00 Å². The Morgan fingerprint density at radius 3 is 2.88 bits per heavy atom. The maximum atomic E-state index is 11.7. The van der Waals surface area contributed by atoms with Crippen molar-refractivity contribution in [1.29, 1.82) is 5.26 Å². The van der Waals surface area contributed by atoms with Crippen molar-refractivity contribution in [3.8, 4) is 6.07 Å². The van der Waals surface area contributed by atoms with E-state index < -0.39 is 6.04 Å². The van der Waals surface area contributed by atoms with E-state index in [1.54, 1.807) is 6.08 Å². The molecule has 4 nitrogen and oxygen atoms in total. The van der Waals surface area contributed by atoms with Gasteiger partial charge < -0.3 is 11.1 Å². The first-order valence-electron chi connectivity index (χ1n) is 5.18. The Bertz CT molecular complexity index is 485. The number of anilines is 1. The number of amides is 1. The van der Waals surface area contributed by atoms with Gasteiger partial charge in [-0.3, -0.25) is 4.79 Å². The molecule has 1 amide bonds. The van der Waals surface area contributed by atoms with E-state index in [1.807, 2.05) is 13.8 Å². The molecule has 1 rings (SSSR count). The topological polar surface area (TPSA) is 78.9 Å². The zero-order valence-electron chi connectivity index (χ0n) is 9.91. The number of hydrogen-bond acceptors (Lipinski definition) is 4. The van der Waals surface area contributed by atoms with Crippen LogP contribution in [0.5, 0.6) is 0 Å². The summed E-state index contributed by atoms with van der Waals surface area (Å²) in [6, 6.07) is 1.47. The largest absolute Gasteiger partial charge is 0.320 e. The number of aryl methyl sites for hydroxylation is 1. The van der Waals surface area contributed by atoms with Gasteiger partial charge in [-0.1, -0.05) is 6.08 Å². The SMILES string of the molecule is C=CCC(N)C(=O)Nc1sc(C)c(C)c1C#N. The zero-order chi connectivity index (χ0) is 13.0. The van der Waals surface area contributed by atoms with Gasteiger partial charge in [0.05, 0.1) is 11.6 Å². The Labute approximate surface area is 105 Å². The Morgan fingerprint density at radius 1 is 1.71 bits per heavy atom. The number of carbonyl (C=O) groups is 1. The summed E-state index contributed by atoms with van der Waals surface area (Å²) in [7, 11) is 0. The van der Waals surface area contributed by atoms with E-state index in [1.165, 1.54) is 11.3 Å². The third kappa shape index (κ3) is 2.93. The normalized spacial score (nSPS) is 11.6. The molecule has 1 unspecified atom stereocenters. The summed E-state index contributed by atoms with van der Waals surface area (Å²) in [4.78, 5) is 12.7. The van der Waals surface area contributed by atoms with Gasteiger partial charge in [0.2, 0.25) is 5.91 Å². The van der Waals surface area contributed by atoms with Gasteiger partial charge in [0.25, 0.3) is 0 Å². The minimum Gasteiger partial charge on any atom is -0.320 e. The van der Waals surface area contributed by atoms with Crippen molar-refractivity contribution in [2.75, 3.05) is 5.32 Å². The lowest BCUT2D eigenvalue weighted by molar-refractivity contribution is -0.117. The van der Waals surface area contributed by atoms with Crippen LogP contribution >= 0.6 is 11.3 Å². The molecule has 1 aromatic rings. The third-order valence-electron chi connectivity index (χ3n) is 2.49. The predicted molar refractivity (Wildman–Crippen MR) is 69.9 cm³/mol. The van der Waals surface area contributed by atoms with Crippen molar-refractivity contribution >= 4 is 22.2 Å². The molecule has 90 valence electrons. The Balaban J connectivity index is 2.89. The fourth-order valence-electron chi connectivity index (χ4n) is 1.34. The lowest BCUT2D eigenvalue weighted by Gasteiger charge is -2.08. The van der Waals surface area contributed by atoms with Crippen molar-refractivity contribution < 1.29 is 4.79 Å². The Kier molecular flexibility index (Phi) is 4.44. The van der Waals surface area contributed by atoms with Crippen LogP contribution in [0.25, 0.3) is 0 Å². The van der Waals surface area contributed by atoms with Crippen molar-refractivity contribution in [2.24, 2.45) is 5.73 Å². The fraction of sp³-hybridized carbons (Fsp3) is 0.333. The van der Waals surface area contributed by atoms with Gasteiger partial charge in [0.15, 0.2) is 0 Å². The summed E-state index contributed by atoms with van der Waals surface area (Å²) in [5, 5.41) is 12.3. The molecule has 0 radical (unpaired) electrons. The molecule has 1 heterocycles. The average Bonchev–Trinajstić information content (AvgIpc) is 2.54. The second-order valence-electron chi connectivity index (χ2n) is 3.72. The molecule has 0 spiro atoms. The summed E-state index contributed by atoms with van der Waals surface area (Å²) in [6.45, 7) is 7.31. The number of carbonyl (C=O) groups excluding carboxylic acids is 1. The van der Waals surface area contributed by atoms with Crippen LogP contribution in [0.1, 0.15) is 22.4 Å². The minimum absolute atomic E-state index is 0.289. The van der Waals surface area contributed by atoms with E-state index in [4.69, 9.17) is 11.0 Å². The van der Waals surface area contributed by atoms with Crippen LogP contribution in [-0.2, 0) is 4.79 Å². The van der Waals surface area contributed by atoms with Gasteiger partial charge in [-0.05, 0) is 25.8 Å². The van der Waals surface area contributed by atoms with Gasteiger partial charge >= 0.3 is 0 Å². The first-order valence-corrected chi connectivity index (χ1v) is 6.00. The smallest absolute Gasteiger partial charge is 0.242 e. The molecule has 5 heteroatoms. The number of nitrogens with two attached hydrogens (primary N) is 1. The number of nitrogens with one attached hydrogen (secondary N) is 1. The number of nitrogens with zero attached hydrogens (tertiary/aromatic N) is 1. The first-order chi connectivity index (χ1) is 8.01. The molecule has 1 aromatic heterocycles. The first kappa shape index (κ1) is 13.4. The molecule has 0 aromatic carbocycles. The van der Waals surface area contributed by atoms with Gasteiger partial charge in [-0.25, -0.2) is 0 Å². The molecule has 0 fully saturated rings. The van der Waals surface area contributed by atoms with E-state index in [0.29, 0.717) is 17.0 Å². The highest BCUT2D eigenvalue weighted by Gasteiger charge is 2.17. The van der Waals surface area contributed by atoms with Crippen molar-refractivity contribution in [2.45, 2.75) is 26.3 Å². The predicted octanol–water partition coefficient (Wildman–Crippen LogP) is 2.08. The summed E-state index contributed by atoms with van der Waals surface area (Å²) >= 11 is 1.39. The van der Waals surface area contributed by atoms with Crippen molar-refractivity contribution in [3.05, 3.63) is 28.7 Å². The Morgan fingerprint density at radius 2 is 2.35 bits per heavy atom. The molecular weight excluding hydrogens is 234 g/mol. The summed E-state index contributed by atoms with van der Waals surface area (Å²) in [6.07, 6.45) is 2.01. The van der Waals surface area contributed by atoms with E-state index in [-0.39, 0.29) is 5.91 Å². The highest BCUT2D eigenvalue weighted by Crippen LogP contribution is 2.31. The van der Waals surface area contributed by atoms with E-state index in [9.17, 15) is 4.79 Å². The Hall–Kier alpha value is -1.64. The molecule has 17 heavy (non-hydrogen) atoms. The van der Waals surface area contributed by atoms with Crippen LogP contribution in [0.15, 0.2) is 12.7 Å². The lowest BCUT2D eigenvalue weighted by Crippen LogP contribution is -2.34. The van der Waals surface area contributed by atoms with Gasteiger partial charge in [-0.2, -0.15) is 5.26 Å². The number of nitriles is 1. The maximum Gasteiger partial charge on any atom is 0.242 e. The molecule has 1 atom stereocenters. The highest BCUT2D eigenvalue weighted by atomic mass is 32.1. The van der Waals surface area contributed by atoms with E-state index in [2.05, 4.69) is 18.0 Å². The number of thiophene rings is 1. The summed E-state index contributed by atoms with van der Waals surface area (Å²) in [5.41, 5.74) is 7.08. The molecule has 0 bridgehead atoms. The average molecular weight is 249 g/mol. The molecule has 3 N–H and O–H groups in total. The minimum atomic E-state index is -0.623. The summed E-state index contributed by atoms with van der Waals surface area (Å²) < 4.78 is 0. The number of hydrogen-bond donors (Lipinski definition) is 2. The molecule has 0 aliphatic carbocycles. The standard InChI is InChI=1S/C12H15N3OS/c1-4-5-10(14)11(16)15-12-9(6-13)7(2)8(3)17-12/h4,10H,1,5,14H2,2-3H3,(H,15,16). The molecule has 0 saturated heterocycles. The van der Waals surface area contributed by atoms with Crippen molar-refractivity contribution in [1.82, 2.24) is 0 Å². The van der Waals surface area contributed by atoms with Crippen LogP contribution in [0.2, 0.25) is 0 Å². The second kappa shape index (κ2) is 5.62. The quantitative estimate of drug-likeness (QED) is 0.802. The van der Waals surface area contributed by atoms with Crippen LogP contribution in [0.3, 0.4) is 0 Å². The molecule has 0 aliphatic heterocycles. The molecule has 0 saturated carbocycles. The maximum absolute atomic E-state index is 11.7. The highest BCUT2D eigenvalue weighted by molar-refractivity contribution is 7.16. The van der Waals surface area contributed by atoms with E-state index in [0.717, 1.165) is 10.4 Å². The third-order valence-corrected chi connectivity index (χ3v) is 3.61. The fourth-order valence-corrected chi connectivity index (χ4v) is 2.35. The van der Waals surface area contributed by atoms with Gasteiger partial charge in [0.1, 0.15) is 11.1 Å². The monoisotopic (exact) mass is 249 g/mol. The van der Waals surface area contributed by atoms with Crippen molar-refractivity contribution in [3.63, 3.8) is 0 Å². The van der Waals surface area contributed by atoms with E-state index >= 15 is 0 Å². The number of rotatable bonds is 4. The van der Waals surface area contributed by atoms with Crippen LogP contribution < -0.4 is 11.1 Å². The molecule has 0 aliphatic rings. The molecular formula is C12H15N3OS. The second-order valence-corrected chi connectivity index (χ2v) is 4.94. The van der Waals surface area contributed by atoms with Gasteiger partial charge in [-0.15, -0.1) is 17.9 Å². The van der Waals surface area contributed by atoms with Crippen LogP contribution in [0, 0.1) is 25.2 Å². The van der Waals surface area contributed by atoms with Crippen LogP contribution in [-0.4, -0.2) is 11.9 Å². The zero-order valence-corrected chi connectivity index (χ0v) is 10.7.